The van der Waals surface area contributed by atoms with Gasteiger partial charge in [-0.25, -0.2) is 13.1 Å². The average Bonchev–Trinajstić information content (AvgIpc) is 3.23. The predicted octanol–water partition coefficient (Wildman–Crippen LogP) is 2.45. The second-order valence-corrected chi connectivity index (χ2v) is 7.43. The normalized spacial score (nSPS) is 16.9. The molecule has 21 heavy (non-hydrogen) atoms. The Morgan fingerprint density at radius 3 is 2.57 bits per heavy atom. The van der Waals surface area contributed by atoms with E-state index in [-0.39, 0.29) is 6.04 Å². The van der Waals surface area contributed by atoms with Crippen molar-refractivity contribution in [3.8, 4) is 0 Å². The van der Waals surface area contributed by atoms with Gasteiger partial charge in [0.25, 0.3) is 0 Å². The highest BCUT2D eigenvalue weighted by atomic mass is 32.2. The summed E-state index contributed by atoms with van der Waals surface area (Å²) in [5, 5.41) is 3.45. The lowest BCUT2D eigenvalue weighted by Gasteiger charge is -2.19. The van der Waals surface area contributed by atoms with Crippen molar-refractivity contribution in [3.63, 3.8) is 0 Å². The Hall–Kier alpha value is -0.910. The monoisotopic (exact) mass is 310 g/mol. The van der Waals surface area contributed by atoms with Gasteiger partial charge in [-0.15, -0.1) is 0 Å². The number of hydrogen-bond donors (Lipinski definition) is 2. The summed E-state index contributed by atoms with van der Waals surface area (Å²) in [5.41, 5.74) is 0.907. The summed E-state index contributed by atoms with van der Waals surface area (Å²) in [5.74, 6) is 0. The lowest BCUT2D eigenvalue weighted by molar-refractivity contribution is 0.482. The molecule has 4 nitrogen and oxygen atoms in total. The number of benzene rings is 1. The fraction of sp³-hybridized carbons (Fsp3) is 0.625. The van der Waals surface area contributed by atoms with Crippen LogP contribution in [0.3, 0.4) is 0 Å². The van der Waals surface area contributed by atoms with Gasteiger partial charge in [-0.2, -0.15) is 0 Å². The Kier molecular flexibility index (Phi) is 5.79. The molecule has 1 atom stereocenters. The van der Waals surface area contributed by atoms with Crippen molar-refractivity contribution in [2.24, 2.45) is 0 Å². The van der Waals surface area contributed by atoms with Crippen LogP contribution < -0.4 is 10.0 Å². The first-order chi connectivity index (χ1) is 10.1. The summed E-state index contributed by atoms with van der Waals surface area (Å²) in [6.07, 6.45) is 4.81. The molecule has 0 saturated heterocycles. The van der Waals surface area contributed by atoms with Gasteiger partial charge in [-0.1, -0.05) is 38.5 Å². The third-order valence-corrected chi connectivity index (χ3v) is 5.38. The van der Waals surface area contributed by atoms with Gasteiger partial charge in [0.05, 0.1) is 4.90 Å². The predicted molar refractivity (Wildman–Crippen MR) is 85.9 cm³/mol. The van der Waals surface area contributed by atoms with Gasteiger partial charge in [-0.05, 0) is 43.9 Å². The molecule has 0 amide bonds. The standard InChI is InChI=1S/C16H26N2O2S/c1-3-7-15(17-4-2)12-13-8-5-6-9-16(13)21(19,20)18-14-10-11-14/h5-6,8-9,14-15,17-18H,3-4,7,10-12H2,1-2H3. The summed E-state index contributed by atoms with van der Waals surface area (Å²) in [6, 6.07) is 7.84. The van der Waals surface area contributed by atoms with Crippen molar-refractivity contribution in [1.29, 1.82) is 0 Å². The third kappa shape index (κ3) is 4.80. The Morgan fingerprint density at radius 2 is 1.95 bits per heavy atom. The number of hydrogen-bond acceptors (Lipinski definition) is 3. The van der Waals surface area contributed by atoms with Crippen LogP contribution in [0.5, 0.6) is 0 Å². The highest BCUT2D eigenvalue weighted by molar-refractivity contribution is 7.89. The molecule has 0 spiro atoms. The van der Waals surface area contributed by atoms with Crippen LogP contribution in [0.4, 0.5) is 0 Å². The maximum atomic E-state index is 12.5. The van der Waals surface area contributed by atoms with Gasteiger partial charge in [0.2, 0.25) is 10.0 Å². The van der Waals surface area contributed by atoms with E-state index in [1.54, 1.807) is 12.1 Å². The van der Waals surface area contributed by atoms with E-state index < -0.39 is 10.0 Å². The Labute approximate surface area is 128 Å². The number of rotatable bonds is 9. The zero-order valence-corrected chi connectivity index (χ0v) is 13.7. The summed E-state index contributed by atoms with van der Waals surface area (Å²) in [6.45, 7) is 5.14. The van der Waals surface area contributed by atoms with Crippen LogP contribution in [0.25, 0.3) is 0 Å². The van der Waals surface area contributed by atoms with E-state index in [1.165, 1.54) is 0 Å². The van der Waals surface area contributed by atoms with Crippen LogP contribution in [0.1, 0.15) is 45.1 Å². The van der Waals surface area contributed by atoms with E-state index in [1.807, 2.05) is 12.1 Å². The lowest BCUT2D eigenvalue weighted by atomic mass is 10.0. The minimum Gasteiger partial charge on any atom is -0.314 e. The molecule has 0 aromatic heterocycles. The molecule has 5 heteroatoms. The molecule has 1 unspecified atom stereocenters. The van der Waals surface area contributed by atoms with Gasteiger partial charge in [0.15, 0.2) is 0 Å². The van der Waals surface area contributed by atoms with E-state index in [9.17, 15) is 8.42 Å². The molecule has 2 N–H and O–H groups in total. The van der Waals surface area contributed by atoms with Crippen molar-refractivity contribution in [2.75, 3.05) is 6.54 Å². The molecule has 1 aliphatic carbocycles. The topological polar surface area (TPSA) is 58.2 Å². The maximum Gasteiger partial charge on any atom is 0.241 e. The first-order valence-electron chi connectivity index (χ1n) is 7.90. The molecule has 0 aliphatic heterocycles. The molecule has 1 aromatic rings. The molecule has 0 bridgehead atoms. The van der Waals surface area contributed by atoms with E-state index in [4.69, 9.17) is 0 Å². The molecule has 1 aromatic carbocycles. The van der Waals surface area contributed by atoms with Gasteiger partial charge in [0, 0.05) is 12.1 Å². The fourth-order valence-corrected chi connectivity index (χ4v) is 4.15. The highest BCUT2D eigenvalue weighted by Crippen LogP contribution is 2.24. The molecule has 118 valence electrons. The first kappa shape index (κ1) is 16.5. The first-order valence-corrected chi connectivity index (χ1v) is 9.38. The minimum absolute atomic E-state index is 0.142. The molecule has 1 fully saturated rings. The zero-order valence-electron chi connectivity index (χ0n) is 12.9. The summed E-state index contributed by atoms with van der Waals surface area (Å²) < 4.78 is 27.7. The molecule has 1 aliphatic rings. The van der Waals surface area contributed by atoms with Crippen LogP contribution in [0.2, 0.25) is 0 Å². The van der Waals surface area contributed by atoms with Crippen molar-refractivity contribution in [2.45, 2.75) is 62.9 Å². The zero-order chi connectivity index (χ0) is 15.3. The second-order valence-electron chi connectivity index (χ2n) is 5.75. The second kappa shape index (κ2) is 7.38. The quantitative estimate of drug-likeness (QED) is 0.736. The van der Waals surface area contributed by atoms with Crippen LogP contribution >= 0.6 is 0 Å². The molecular formula is C16H26N2O2S. The minimum atomic E-state index is -3.38. The van der Waals surface area contributed by atoms with Crippen molar-refractivity contribution < 1.29 is 8.42 Å². The van der Waals surface area contributed by atoms with E-state index >= 15 is 0 Å². The molecule has 2 rings (SSSR count). The summed E-state index contributed by atoms with van der Waals surface area (Å²) >= 11 is 0. The highest BCUT2D eigenvalue weighted by Gasteiger charge is 2.29. The number of nitrogens with one attached hydrogen (secondary N) is 2. The Morgan fingerprint density at radius 1 is 1.24 bits per heavy atom. The smallest absolute Gasteiger partial charge is 0.241 e. The van der Waals surface area contributed by atoms with Crippen LogP contribution in [0.15, 0.2) is 29.2 Å². The molecular weight excluding hydrogens is 284 g/mol. The number of sulfonamides is 1. The lowest BCUT2D eigenvalue weighted by Crippen LogP contribution is -2.32. The van der Waals surface area contributed by atoms with E-state index in [2.05, 4.69) is 23.9 Å². The largest absolute Gasteiger partial charge is 0.314 e. The summed E-state index contributed by atoms with van der Waals surface area (Å²) in [4.78, 5) is 0.441. The SMILES string of the molecule is CCCC(Cc1ccccc1S(=O)(=O)NC1CC1)NCC. The average molecular weight is 310 g/mol. The van der Waals surface area contributed by atoms with Gasteiger partial charge >= 0.3 is 0 Å². The number of likely N-dealkylation sites (N-methyl/N-ethyl adjacent to an activating group) is 1. The third-order valence-electron chi connectivity index (χ3n) is 3.76. The molecule has 1 saturated carbocycles. The fourth-order valence-electron chi connectivity index (χ4n) is 2.60. The van der Waals surface area contributed by atoms with E-state index in [0.29, 0.717) is 10.9 Å². The molecule has 0 heterocycles. The van der Waals surface area contributed by atoms with Crippen LogP contribution in [-0.2, 0) is 16.4 Å². The van der Waals surface area contributed by atoms with Gasteiger partial charge < -0.3 is 5.32 Å². The van der Waals surface area contributed by atoms with E-state index in [0.717, 1.165) is 44.2 Å². The van der Waals surface area contributed by atoms with Crippen LogP contribution in [-0.4, -0.2) is 27.0 Å². The van der Waals surface area contributed by atoms with Gasteiger partial charge in [-0.3, -0.25) is 0 Å². The molecule has 0 radical (unpaired) electrons. The Balaban J connectivity index is 2.19. The summed E-state index contributed by atoms with van der Waals surface area (Å²) in [7, 11) is -3.38. The van der Waals surface area contributed by atoms with Crippen LogP contribution in [0, 0.1) is 0 Å². The van der Waals surface area contributed by atoms with Crippen molar-refractivity contribution in [1.82, 2.24) is 10.0 Å². The van der Waals surface area contributed by atoms with Crippen molar-refractivity contribution in [3.05, 3.63) is 29.8 Å². The Bertz CT molecular complexity index is 547. The maximum absolute atomic E-state index is 12.5. The van der Waals surface area contributed by atoms with Crippen molar-refractivity contribution >= 4 is 10.0 Å². The van der Waals surface area contributed by atoms with Gasteiger partial charge in [0.1, 0.15) is 0 Å².